The molecule has 0 radical (unpaired) electrons. The van der Waals surface area contributed by atoms with Gasteiger partial charge in [0.2, 0.25) is 0 Å². The average molecular weight is 313 g/mol. The predicted octanol–water partition coefficient (Wildman–Crippen LogP) is 0.963. The summed E-state index contributed by atoms with van der Waals surface area (Å²) in [6.07, 6.45) is 0. The third-order valence-electron chi connectivity index (χ3n) is 3.68. The van der Waals surface area contributed by atoms with Gasteiger partial charge in [0, 0.05) is 18.8 Å². The Kier molecular flexibility index (Phi) is 4.41. The summed E-state index contributed by atoms with van der Waals surface area (Å²) in [6, 6.07) is 5.05. The molecule has 1 amide bonds. The van der Waals surface area contributed by atoms with Crippen LogP contribution in [0.2, 0.25) is 0 Å². The van der Waals surface area contributed by atoms with Crippen LogP contribution in [0.5, 0.6) is 11.5 Å². The van der Waals surface area contributed by atoms with Crippen molar-refractivity contribution < 1.29 is 22.7 Å². The highest BCUT2D eigenvalue weighted by Gasteiger charge is 2.39. The Bertz CT molecular complexity index is 635. The first kappa shape index (κ1) is 15.6. The van der Waals surface area contributed by atoms with Crippen LogP contribution in [-0.4, -0.2) is 57.5 Å². The fourth-order valence-electron chi connectivity index (χ4n) is 2.29. The van der Waals surface area contributed by atoms with E-state index < -0.39 is 15.1 Å². The second kappa shape index (κ2) is 5.93. The number of amides is 1. The Balaban J connectivity index is 2.17. The summed E-state index contributed by atoms with van der Waals surface area (Å²) in [5, 5.41) is -0.456. The van der Waals surface area contributed by atoms with E-state index in [0.29, 0.717) is 17.1 Å². The van der Waals surface area contributed by atoms with Crippen LogP contribution in [0.1, 0.15) is 17.3 Å². The molecule has 116 valence electrons. The molecular formula is C14H19NO5S. The maximum absolute atomic E-state index is 12.4. The zero-order valence-electron chi connectivity index (χ0n) is 12.3. The SMILES string of the molecule is CCS(=O)(=O)C1CN(C(=O)c2cccc(OC)c2OC)C1. The summed E-state index contributed by atoms with van der Waals surface area (Å²) < 4.78 is 33.8. The summed E-state index contributed by atoms with van der Waals surface area (Å²) in [5.74, 6) is 0.698. The van der Waals surface area contributed by atoms with Crippen LogP contribution in [0.25, 0.3) is 0 Å². The minimum absolute atomic E-state index is 0.0994. The van der Waals surface area contributed by atoms with Crippen molar-refractivity contribution in [3.8, 4) is 11.5 Å². The first-order valence-electron chi connectivity index (χ1n) is 6.66. The lowest BCUT2D eigenvalue weighted by Gasteiger charge is -2.38. The zero-order valence-corrected chi connectivity index (χ0v) is 13.1. The number of para-hydroxylation sites is 1. The summed E-state index contributed by atoms with van der Waals surface area (Å²) in [5.41, 5.74) is 0.379. The smallest absolute Gasteiger partial charge is 0.257 e. The van der Waals surface area contributed by atoms with Gasteiger partial charge >= 0.3 is 0 Å². The standard InChI is InChI=1S/C14H19NO5S/c1-4-21(17,18)10-8-15(9-10)14(16)11-6-5-7-12(19-2)13(11)20-3/h5-7,10H,4,8-9H2,1-3H3. The third kappa shape index (κ3) is 2.83. The van der Waals surface area contributed by atoms with E-state index in [1.807, 2.05) is 0 Å². The van der Waals surface area contributed by atoms with Crippen LogP contribution in [0.15, 0.2) is 18.2 Å². The molecule has 7 heteroatoms. The van der Waals surface area contributed by atoms with Gasteiger partial charge in [-0.3, -0.25) is 4.79 Å². The molecule has 2 rings (SSSR count). The van der Waals surface area contributed by atoms with Gasteiger partial charge in [0.1, 0.15) is 0 Å². The molecule has 0 aromatic heterocycles. The Morgan fingerprint density at radius 2 is 1.95 bits per heavy atom. The predicted molar refractivity (Wildman–Crippen MR) is 78.7 cm³/mol. The van der Waals surface area contributed by atoms with Gasteiger partial charge < -0.3 is 14.4 Å². The second-order valence-electron chi connectivity index (χ2n) is 4.82. The first-order chi connectivity index (χ1) is 9.94. The number of benzene rings is 1. The Morgan fingerprint density at radius 1 is 1.29 bits per heavy atom. The molecule has 0 spiro atoms. The van der Waals surface area contributed by atoms with Gasteiger partial charge in [0.15, 0.2) is 21.3 Å². The maximum Gasteiger partial charge on any atom is 0.257 e. The minimum atomic E-state index is -3.09. The molecule has 21 heavy (non-hydrogen) atoms. The Hall–Kier alpha value is -1.76. The van der Waals surface area contributed by atoms with Crippen molar-refractivity contribution in [3.05, 3.63) is 23.8 Å². The number of hydrogen-bond acceptors (Lipinski definition) is 5. The number of hydrogen-bond donors (Lipinski definition) is 0. The zero-order chi connectivity index (χ0) is 15.6. The lowest BCUT2D eigenvalue weighted by molar-refractivity contribution is 0.0655. The van der Waals surface area contributed by atoms with Crippen LogP contribution < -0.4 is 9.47 Å². The normalized spacial score (nSPS) is 15.5. The van der Waals surface area contributed by atoms with E-state index >= 15 is 0 Å². The van der Waals surface area contributed by atoms with E-state index in [1.165, 1.54) is 19.1 Å². The van der Waals surface area contributed by atoms with Gasteiger partial charge in [-0.1, -0.05) is 13.0 Å². The summed E-state index contributed by atoms with van der Waals surface area (Å²) >= 11 is 0. The molecule has 0 unspecified atom stereocenters. The molecule has 0 bridgehead atoms. The van der Waals surface area contributed by atoms with Crippen LogP contribution >= 0.6 is 0 Å². The molecule has 0 saturated carbocycles. The number of methoxy groups -OCH3 is 2. The van der Waals surface area contributed by atoms with Gasteiger partial charge in [-0.15, -0.1) is 0 Å². The molecule has 6 nitrogen and oxygen atoms in total. The van der Waals surface area contributed by atoms with Crippen molar-refractivity contribution in [1.29, 1.82) is 0 Å². The number of carbonyl (C=O) groups excluding carboxylic acids is 1. The molecule has 1 aromatic rings. The molecule has 0 atom stereocenters. The van der Waals surface area contributed by atoms with Crippen LogP contribution in [0, 0.1) is 0 Å². The van der Waals surface area contributed by atoms with Crippen molar-refractivity contribution in [1.82, 2.24) is 4.90 Å². The Morgan fingerprint density at radius 3 is 2.48 bits per heavy atom. The molecular weight excluding hydrogens is 294 g/mol. The quantitative estimate of drug-likeness (QED) is 0.809. The van der Waals surface area contributed by atoms with Crippen molar-refractivity contribution in [2.24, 2.45) is 0 Å². The lowest BCUT2D eigenvalue weighted by atomic mass is 10.1. The highest BCUT2D eigenvalue weighted by atomic mass is 32.2. The molecule has 1 saturated heterocycles. The minimum Gasteiger partial charge on any atom is -0.493 e. The van der Waals surface area contributed by atoms with E-state index in [1.54, 1.807) is 25.1 Å². The number of ether oxygens (including phenoxy) is 2. The fourth-order valence-corrected chi connectivity index (χ4v) is 3.58. The van der Waals surface area contributed by atoms with Crippen LogP contribution in [0.4, 0.5) is 0 Å². The van der Waals surface area contributed by atoms with Gasteiger partial charge in [-0.25, -0.2) is 8.42 Å². The number of likely N-dealkylation sites (tertiary alicyclic amines) is 1. The number of nitrogens with zero attached hydrogens (tertiary/aromatic N) is 1. The van der Waals surface area contributed by atoms with Crippen molar-refractivity contribution >= 4 is 15.7 Å². The Labute approximate surface area is 124 Å². The number of carbonyl (C=O) groups is 1. The topological polar surface area (TPSA) is 72.9 Å². The number of sulfone groups is 1. The number of rotatable bonds is 5. The molecule has 0 aliphatic carbocycles. The monoisotopic (exact) mass is 313 g/mol. The van der Waals surface area contributed by atoms with Crippen molar-refractivity contribution in [2.45, 2.75) is 12.2 Å². The van der Waals surface area contributed by atoms with Gasteiger partial charge in [0.05, 0.1) is 25.0 Å². The molecule has 1 aliphatic heterocycles. The molecule has 1 fully saturated rings. The highest BCUT2D eigenvalue weighted by molar-refractivity contribution is 7.92. The van der Waals surface area contributed by atoms with E-state index in [4.69, 9.17) is 9.47 Å². The molecule has 1 aromatic carbocycles. The molecule has 1 aliphatic rings. The van der Waals surface area contributed by atoms with E-state index in [-0.39, 0.29) is 24.7 Å². The summed E-state index contributed by atoms with van der Waals surface area (Å²) in [4.78, 5) is 13.9. The largest absolute Gasteiger partial charge is 0.493 e. The van der Waals surface area contributed by atoms with Gasteiger partial charge in [-0.05, 0) is 12.1 Å². The maximum atomic E-state index is 12.4. The van der Waals surface area contributed by atoms with E-state index in [9.17, 15) is 13.2 Å². The second-order valence-corrected chi connectivity index (χ2v) is 7.39. The van der Waals surface area contributed by atoms with Crippen molar-refractivity contribution in [3.63, 3.8) is 0 Å². The summed E-state index contributed by atoms with van der Waals surface area (Å²) in [7, 11) is -0.121. The van der Waals surface area contributed by atoms with Gasteiger partial charge in [-0.2, -0.15) is 0 Å². The van der Waals surface area contributed by atoms with Crippen molar-refractivity contribution in [2.75, 3.05) is 33.1 Å². The van der Waals surface area contributed by atoms with Gasteiger partial charge in [0.25, 0.3) is 5.91 Å². The summed E-state index contributed by atoms with van der Waals surface area (Å²) in [6.45, 7) is 2.08. The lowest BCUT2D eigenvalue weighted by Crippen LogP contribution is -2.57. The highest BCUT2D eigenvalue weighted by Crippen LogP contribution is 2.32. The average Bonchev–Trinajstić information content (AvgIpc) is 2.44. The first-order valence-corrected chi connectivity index (χ1v) is 8.38. The van der Waals surface area contributed by atoms with Crippen LogP contribution in [0.3, 0.4) is 0 Å². The fraction of sp³-hybridized carbons (Fsp3) is 0.500. The molecule has 1 heterocycles. The van der Waals surface area contributed by atoms with E-state index in [2.05, 4.69) is 0 Å². The third-order valence-corrected chi connectivity index (χ3v) is 5.80. The van der Waals surface area contributed by atoms with Crippen LogP contribution in [-0.2, 0) is 9.84 Å². The van der Waals surface area contributed by atoms with E-state index in [0.717, 1.165) is 0 Å². The molecule has 0 N–H and O–H groups in total.